The van der Waals surface area contributed by atoms with Crippen molar-refractivity contribution in [3.63, 3.8) is 0 Å². The van der Waals surface area contributed by atoms with Gasteiger partial charge in [0.05, 0.1) is 5.41 Å². The van der Waals surface area contributed by atoms with Crippen LogP contribution in [0.3, 0.4) is 0 Å². The summed E-state index contributed by atoms with van der Waals surface area (Å²) >= 11 is 0. The number of hydrogen-bond acceptors (Lipinski definition) is 4. The highest BCUT2D eigenvalue weighted by atomic mass is 32.3. The number of hydrogen-bond donors (Lipinski definition) is 3. The molecular weight excluding hydrogens is 200 g/mol. The van der Waals surface area contributed by atoms with Crippen LogP contribution < -0.4 is 0 Å². The second kappa shape index (κ2) is 4.41. The second-order valence-corrected chi connectivity index (χ2v) is 3.39. The van der Waals surface area contributed by atoms with E-state index in [0.29, 0.717) is 5.41 Å². The van der Waals surface area contributed by atoms with Gasteiger partial charge in [-0.3, -0.25) is 13.7 Å². The molecule has 0 aromatic heterocycles. The molecule has 9 heteroatoms. The van der Waals surface area contributed by atoms with E-state index in [1.165, 1.54) is 0 Å². The van der Waals surface area contributed by atoms with Gasteiger partial charge in [-0.05, 0) is 0 Å². The van der Waals surface area contributed by atoms with E-state index in [1.54, 1.807) is 0 Å². The van der Waals surface area contributed by atoms with Crippen LogP contribution in [-0.4, -0.2) is 30.5 Å². The fraction of sp³-hybridized carbons (Fsp3) is 0. The highest BCUT2D eigenvalue weighted by Crippen LogP contribution is 1.75. The van der Waals surface area contributed by atoms with Crippen molar-refractivity contribution in [2.45, 2.75) is 0 Å². The molecule has 0 aliphatic heterocycles. The zero-order valence-corrected chi connectivity index (χ0v) is 6.71. The molecular formula is C2H6O7S2. The van der Waals surface area contributed by atoms with Crippen molar-refractivity contribution in [1.29, 1.82) is 0 Å². The fourth-order valence-electron chi connectivity index (χ4n) is 0. The lowest BCUT2D eigenvalue weighted by Gasteiger charge is -1.73. The van der Waals surface area contributed by atoms with Crippen LogP contribution in [0.2, 0.25) is 0 Å². The molecule has 0 fully saturated rings. The van der Waals surface area contributed by atoms with Crippen molar-refractivity contribution in [3.8, 4) is 0 Å². The van der Waals surface area contributed by atoms with Gasteiger partial charge >= 0.3 is 10.4 Å². The van der Waals surface area contributed by atoms with Crippen molar-refractivity contribution in [1.82, 2.24) is 0 Å². The third-order valence-electron chi connectivity index (χ3n) is 0.211. The normalized spacial score (nSPS) is 11.2. The zero-order chi connectivity index (χ0) is 9.71. The predicted molar refractivity (Wildman–Crippen MR) is 35.9 cm³/mol. The first kappa shape index (κ1) is 13.1. The van der Waals surface area contributed by atoms with E-state index in [0.717, 1.165) is 0 Å². The SMILES string of the molecule is C=CS(=O)(=O)O.O=S(=O)(O)O. The summed E-state index contributed by atoms with van der Waals surface area (Å²) in [4.78, 5) is 0. The molecule has 0 radical (unpaired) electrons. The minimum absolute atomic E-state index is 0.465. The fourth-order valence-corrected chi connectivity index (χ4v) is 0. The van der Waals surface area contributed by atoms with Gasteiger partial charge < -0.3 is 0 Å². The summed E-state index contributed by atoms with van der Waals surface area (Å²) in [7, 11) is -8.56. The molecule has 0 spiro atoms. The van der Waals surface area contributed by atoms with Gasteiger partial charge in [0.15, 0.2) is 0 Å². The lowest BCUT2D eigenvalue weighted by molar-refractivity contribution is 0.381. The molecule has 0 unspecified atom stereocenters. The Balaban J connectivity index is 0. The molecule has 11 heavy (non-hydrogen) atoms. The largest absolute Gasteiger partial charge is 0.394 e. The predicted octanol–water partition coefficient (Wildman–Crippen LogP) is -0.635. The minimum Gasteiger partial charge on any atom is -0.282 e. The molecule has 0 atom stereocenters. The second-order valence-electron chi connectivity index (χ2n) is 1.13. The Morgan fingerprint density at radius 1 is 1.00 bits per heavy atom. The molecule has 0 saturated heterocycles. The molecule has 68 valence electrons. The molecule has 0 bridgehead atoms. The van der Waals surface area contributed by atoms with Crippen LogP contribution >= 0.6 is 0 Å². The lowest BCUT2D eigenvalue weighted by Crippen LogP contribution is -1.89. The van der Waals surface area contributed by atoms with Gasteiger partial charge in [0.1, 0.15) is 0 Å². The maximum absolute atomic E-state index is 9.44. The molecule has 7 nitrogen and oxygen atoms in total. The minimum atomic E-state index is -4.67. The first-order valence-corrected chi connectivity index (χ1v) is 4.76. The molecule has 0 aromatic rings. The van der Waals surface area contributed by atoms with E-state index in [9.17, 15) is 8.42 Å². The highest BCUT2D eigenvalue weighted by Gasteiger charge is 1.87. The molecule has 0 heterocycles. The monoisotopic (exact) mass is 206 g/mol. The van der Waals surface area contributed by atoms with Gasteiger partial charge in [-0.15, -0.1) is 0 Å². The summed E-state index contributed by atoms with van der Waals surface area (Å²) in [5.41, 5.74) is 0. The van der Waals surface area contributed by atoms with Gasteiger partial charge in [0.2, 0.25) is 0 Å². The molecule has 0 amide bonds. The Labute approximate surface area is 63.7 Å². The van der Waals surface area contributed by atoms with Gasteiger partial charge in [-0.2, -0.15) is 16.8 Å². The first-order valence-electron chi connectivity index (χ1n) is 1.86. The summed E-state index contributed by atoms with van der Waals surface area (Å²) < 4.78 is 58.1. The van der Waals surface area contributed by atoms with Crippen molar-refractivity contribution < 1.29 is 30.5 Å². The van der Waals surface area contributed by atoms with E-state index in [2.05, 4.69) is 6.58 Å². The van der Waals surface area contributed by atoms with Crippen LogP contribution in [0.4, 0.5) is 0 Å². The Kier molecular flexibility index (Phi) is 5.26. The van der Waals surface area contributed by atoms with Crippen LogP contribution in [-0.2, 0) is 20.5 Å². The molecule has 0 rings (SSSR count). The molecule has 0 aliphatic rings. The molecule has 0 aliphatic carbocycles. The van der Waals surface area contributed by atoms with Gasteiger partial charge in [-0.1, -0.05) is 6.58 Å². The summed E-state index contributed by atoms with van der Waals surface area (Å²) in [5, 5.41) is 0.465. The summed E-state index contributed by atoms with van der Waals surface area (Å²) in [6.07, 6.45) is 0. The van der Waals surface area contributed by atoms with Gasteiger partial charge in [0.25, 0.3) is 10.1 Å². The summed E-state index contributed by atoms with van der Waals surface area (Å²) in [5.74, 6) is 0. The third kappa shape index (κ3) is 84.8. The lowest BCUT2D eigenvalue weighted by atomic mass is 11.3. The average molecular weight is 206 g/mol. The van der Waals surface area contributed by atoms with Crippen LogP contribution in [0.25, 0.3) is 0 Å². The van der Waals surface area contributed by atoms with Gasteiger partial charge in [0, 0.05) is 0 Å². The van der Waals surface area contributed by atoms with Gasteiger partial charge in [-0.25, -0.2) is 0 Å². The Bertz CT molecular complexity index is 274. The van der Waals surface area contributed by atoms with E-state index in [1.807, 2.05) is 0 Å². The quantitative estimate of drug-likeness (QED) is 0.487. The van der Waals surface area contributed by atoms with E-state index < -0.39 is 20.5 Å². The highest BCUT2D eigenvalue weighted by molar-refractivity contribution is 7.88. The standard InChI is InChI=1S/C2H4O3S.H2O4S/c1-2-6(3,4)5;1-5(2,3)4/h2H,1H2,(H,3,4,5);(H2,1,2,3,4). The Morgan fingerprint density at radius 2 is 1.09 bits per heavy atom. The molecule has 0 saturated carbocycles. The first-order chi connectivity index (χ1) is 4.56. The molecule has 0 aromatic carbocycles. The van der Waals surface area contributed by atoms with Crippen LogP contribution in [0.15, 0.2) is 12.0 Å². The average Bonchev–Trinajstić information content (AvgIpc) is 1.59. The summed E-state index contributed by atoms with van der Waals surface area (Å²) in [6, 6.07) is 0. The van der Waals surface area contributed by atoms with Crippen molar-refractivity contribution in [3.05, 3.63) is 12.0 Å². The van der Waals surface area contributed by atoms with Crippen molar-refractivity contribution in [2.24, 2.45) is 0 Å². The van der Waals surface area contributed by atoms with E-state index in [4.69, 9.17) is 22.1 Å². The van der Waals surface area contributed by atoms with Crippen LogP contribution in [0.5, 0.6) is 0 Å². The smallest absolute Gasteiger partial charge is 0.282 e. The maximum Gasteiger partial charge on any atom is 0.394 e. The van der Waals surface area contributed by atoms with E-state index >= 15 is 0 Å². The zero-order valence-electron chi connectivity index (χ0n) is 5.08. The van der Waals surface area contributed by atoms with Crippen molar-refractivity contribution in [2.75, 3.05) is 0 Å². The Morgan fingerprint density at radius 3 is 1.09 bits per heavy atom. The number of rotatable bonds is 1. The van der Waals surface area contributed by atoms with Crippen molar-refractivity contribution >= 4 is 20.5 Å². The van der Waals surface area contributed by atoms with Crippen LogP contribution in [0, 0.1) is 0 Å². The van der Waals surface area contributed by atoms with Crippen LogP contribution in [0.1, 0.15) is 0 Å². The topological polar surface area (TPSA) is 129 Å². The summed E-state index contributed by atoms with van der Waals surface area (Å²) in [6.45, 7) is 2.79. The third-order valence-corrected chi connectivity index (χ3v) is 0.632. The van der Waals surface area contributed by atoms with E-state index in [-0.39, 0.29) is 0 Å². The molecule has 3 N–H and O–H groups in total. The maximum atomic E-state index is 9.44. The Hall–Kier alpha value is -0.480.